The average Bonchev–Trinajstić information content (AvgIpc) is 3.00. The van der Waals surface area contributed by atoms with Gasteiger partial charge < -0.3 is 10.4 Å². The monoisotopic (exact) mass is 276 g/mol. The van der Waals surface area contributed by atoms with E-state index in [4.69, 9.17) is 5.11 Å². The number of carboxylic acid groups (broad SMARTS) is 1. The van der Waals surface area contributed by atoms with Crippen molar-refractivity contribution in [2.24, 2.45) is 11.8 Å². The summed E-state index contributed by atoms with van der Waals surface area (Å²) >= 11 is 0. The smallest absolute Gasteiger partial charge is 0.335 e. The van der Waals surface area contributed by atoms with Gasteiger partial charge in [-0.25, -0.2) is 4.79 Å². The number of nitro groups is 1. The van der Waals surface area contributed by atoms with E-state index in [1.807, 2.05) is 0 Å². The Kier molecular flexibility index (Phi) is 3.08. The molecule has 3 atom stereocenters. The van der Waals surface area contributed by atoms with Crippen LogP contribution in [0.4, 0.5) is 11.4 Å². The number of fused-ring (bicyclic) bond motifs is 2. The van der Waals surface area contributed by atoms with Crippen molar-refractivity contribution in [2.45, 2.75) is 31.7 Å². The van der Waals surface area contributed by atoms with Crippen molar-refractivity contribution in [3.8, 4) is 0 Å². The van der Waals surface area contributed by atoms with Crippen molar-refractivity contribution in [1.29, 1.82) is 0 Å². The highest BCUT2D eigenvalue weighted by atomic mass is 16.6. The number of nitrogens with one attached hydrogen (secondary N) is 1. The Morgan fingerprint density at radius 1 is 1.35 bits per heavy atom. The van der Waals surface area contributed by atoms with Gasteiger partial charge in [-0.05, 0) is 43.2 Å². The third-order valence-electron chi connectivity index (χ3n) is 4.52. The number of nitro benzene ring substituents is 1. The average molecular weight is 276 g/mol. The number of rotatable bonds is 4. The molecule has 3 unspecified atom stereocenters. The molecule has 2 aliphatic carbocycles. The molecule has 0 radical (unpaired) electrons. The fraction of sp³-hybridized carbons (Fsp3) is 0.500. The third-order valence-corrected chi connectivity index (χ3v) is 4.52. The summed E-state index contributed by atoms with van der Waals surface area (Å²) < 4.78 is 0. The number of hydrogen-bond donors (Lipinski definition) is 2. The van der Waals surface area contributed by atoms with Gasteiger partial charge in [0, 0.05) is 12.1 Å². The number of carboxylic acids is 1. The van der Waals surface area contributed by atoms with Gasteiger partial charge in [-0.15, -0.1) is 0 Å². The van der Waals surface area contributed by atoms with Crippen LogP contribution in [0.1, 0.15) is 36.0 Å². The number of carbonyl (C=O) groups is 1. The number of aromatic carboxylic acids is 1. The van der Waals surface area contributed by atoms with E-state index in [1.165, 1.54) is 31.0 Å². The van der Waals surface area contributed by atoms with Crippen LogP contribution in [0.25, 0.3) is 0 Å². The molecule has 2 fully saturated rings. The first-order valence-electron chi connectivity index (χ1n) is 6.83. The van der Waals surface area contributed by atoms with Crippen molar-refractivity contribution >= 4 is 17.3 Å². The van der Waals surface area contributed by atoms with E-state index in [-0.39, 0.29) is 17.3 Å². The molecule has 2 N–H and O–H groups in total. The summed E-state index contributed by atoms with van der Waals surface area (Å²) in [5.41, 5.74) is 0.339. The van der Waals surface area contributed by atoms with Crippen LogP contribution in [-0.4, -0.2) is 22.0 Å². The van der Waals surface area contributed by atoms with Gasteiger partial charge in [0.25, 0.3) is 5.69 Å². The van der Waals surface area contributed by atoms with Crippen LogP contribution in [0.3, 0.4) is 0 Å². The summed E-state index contributed by atoms with van der Waals surface area (Å²) in [6.07, 6.45) is 4.62. The highest BCUT2D eigenvalue weighted by Crippen LogP contribution is 2.46. The predicted octanol–water partition coefficient (Wildman–Crippen LogP) is 2.89. The van der Waals surface area contributed by atoms with Crippen molar-refractivity contribution in [3.63, 3.8) is 0 Å². The molecule has 0 aliphatic heterocycles. The highest BCUT2D eigenvalue weighted by molar-refractivity contribution is 5.90. The van der Waals surface area contributed by atoms with Crippen LogP contribution in [0.2, 0.25) is 0 Å². The number of nitrogens with zero attached hydrogens (tertiary/aromatic N) is 1. The van der Waals surface area contributed by atoms with Gasteiger partial charge in [0.15, 0.2) is 0 Å². The summed E-state index contributed by atoms with van der Waals surface area (Å²) in [4.78, 5) is 21.6. The first kappa shape index (κ1) is 12.9. The molecule has 0 aromatic heterocycles. The van der Waals surface area contributed by atoms with Gasteiger partial charge in [-0.1, -0.05) is 6.42 Å². The second kappa shape index (κ2) is 4.77. The minimum atomic E-state index is -1.07. The Morgan fingerprint density at radius 2 is 2.15 bits per heavy atom. The van der Waals surface area contributed by atoms with Crippen LogP contribution >= 0.6 is 0 Å². The zero-order chi connectivity index (χ0) is 14.3. The maximum Gasteiger partial charge on any atom is 0.335 e. The first-order valence-corrected chi connectivity index (χ1v) is 6.83. The van der Waals surface area contributed by atoms with Gasteiger partial charge in [0.05, 0.1) is 10.5 Å². The zero-order valence-electron chi connectivity index (χ0n) is 10.9. The fourth-order valence-corrected chi connectivity index (χ4v) is 3.57. The van der Waals surface area contributed by atoms with Crippen LogP contribution in [0.5, 0.6) is 0 Å². The Bertz CT molecular complexity index is 572. The topological polar surface area (TPSA) is 92.5 Å². The van der Waals surface area contributed by atoms with Gasteiger partial charge in [0.2, 0.25) is 0 Å². The fourth-order valence-electron chi connectivity index (χ4n) is 3.57. The van der Waals surface area contributed by atoms with E-state index in [0.29, 0.717) is 11.6 Å². The lowest BCUT2D eigenvalue weighted by Gasteiger charge is -2.24. The van der Waals surface area contributed by atoms with Crippen molar-refractivity contribution in [2.75, 3.05) is 5.32 Å². The quantitative estimate of drug-likeness (QED) is 0.651. The van der Waals surface area contributed by atoms with E-state index < -0.39 is 10.9 Å². The normalized spacial score (nSPS) is 27.5. The minimum absolute atomic E-state index is 0.0576. The second-order valence-corrected chi connectivity index (χ2v) is 5.72. The van der Waals surface area contributed by atoms with Crippen LogP contribution in [0, 0.1) is 22.0 Å². The molecule has 3 rings (SSSR count). The second-order valence-electron chi connectivity index (χ2n) is 5.72. The Morgan fingerprint density at radius 3 is 2.70 bits per heavy atom. The molecule has 0 spiro atoms. The van der Waals surface area contributed by atoms with Crippen molar-refractivity contribution in [3.05, 3.63) is 33.9 Å². The Hall–Kier alpha value is -2.11. The lowest BCUT2D eigenvalue weighted by atomic mass is 9.95. The molecule has 0 saturated heterocycles. The van der Waals surface area contributed by atoms with Gasteiger partial charge in [-0.3, -0.25) is 10.1 Å². The Labute approximate surface area is 115 Å². The molecule has 0 heterocycles. The molecule has 1 aromatic carbocycles. The lowest BCUT2D eigenvalue weighted by Crippen LogP contribution is -2.26. The SMILES string of the molecule is O=C(O)c1ccc([N+](=O)[O-])c(NC2CC3CCC2C3)c1. The van der Waals surface area contributed by atoms with Crippen molar-refractivity contribution in [1.82, 2.24) is 0 Å². The van der Waals surface area contributed by atoms with Crippen molar-refractivity contribution < 1.29 is 14.8 Å². The third kappa shape index (κ3) is 2.21. The molecule has 0 amide bonds. The number of hydrogen-bond acceptors (Lipinski definition) is 4. The van der Waals surface area contributed by atoms with E-state index in [9.17, 15) is 14.9 Å². The molecule has 2 saturated carbocycles. The molecule has 6 nitrogen and oxygen atoms in total. The number of anilines is 1. The molecular weight excluding hydrogens is 260 g/mol. The minimum Gasteiger partial charge on any atom is -0.478 e. The van der Waals surface area contributed by atoms with Crippen LogP contribution in [-0.2, 0) is 0 Å². The molecule has 2 aliphatic rings. The molecule has 20 heavy (non-hydrogen) atoms. The van der Waals surface area contributed by atoms with Gasteiger partial charge in [0.1, 0.15) is 5.69 Å². The maximum atomic E-state index is 11.1. The van der Waals surface area contributed by atoms with E-state index in [1.54, 1.807) is 0 Å². The maximum absolute atomic E-state index is 11.1. The molecule has 2 bridgehead atoms. The summed E-state index contributed by atoms with van der Waals surface area (Å²) in [5, 5.41) is 23.3. The number of benzene rings is 1. The van der Waals surface area contributed by atoms with Crippen LogP contribution in [0.15, 0.2) is 18.2 Å². The molecule has 1 aromatic rings. The summed E-state index contributed by atoms with van der Waals surface area (Å²) in [6.45, 7) is 0. The molecule has 6 heteroatoms. The standard InChI is InChI=1S/C14H16N2O4/c17-14(18)10-3-4-13(16(19)20)12(7-10)15-11-6-8-1-2-9(11)5-8/h3-4,7-9,11,15H,1-2,5-6H2,(H,17,18). The predicted molar refractivity (Wildman–Crippen MR) is 72.9 cm³/mol. The van der Waals surface area contributed by atoms with E-state index >= 15 is 0 Å². The van der Waals surface area contributed by atoms with E-state index in [0.717, 1.165) is 18.8 Å². The first-order chi connectivity index (χ1) is 9.54. The van der Waals surface area contributed by atoms with E-state index in [2.05, 4.69) is 5.32 Å². The summed E-state index contributed by atoms with van der Waals surface area (Å²) in [5.74, 6) is 0.211. The zero-order valence-corrected chi connectivity index (χ0v) is 10.9. The highest BCUT2D eigenvalue weighted by Gasteiger charge is 2.40. The summed E-state index contributed by atoms with van der Waals surface area (Å²) in [6, 6.07) is 4.13. The molecular formula is C14H16N2O4. The summed E-state index contributed by atoms with van der Waals surface area (Å²) in [7, 11) is 0. The van der Waals surface area contributed by atoms with Crippen LogP contribution < -0.4 is 5.32 Å². The molecule has 106 valence electrons. The van der Waals surface area contributed by atoms with Gasteiger partial charge in [-0.2, -0.15) is 0 Å². The van der Waals surface area contributed by atoms with Gasteiger partial charge >= 0.3 is 5.97 Å². The lowest BCUT2D eigenvalue weighted by molar-refractivity contribution is -0.384. The largest absolute Gasteiger partial charge is 0.478 e. The Balaban J connectivity index is 1.88.